The second-order valence-corrected chi connectivity index (χ2v) is 13.4. The van der Waals surface area contributed by atoms with Gasteiger partial charge in [0.2, 0.25) is 0 Å². The fourth-order valence-corrected chi connectivity index (χ4v) is 5.54. The molecule has 0 aromatic heterocycles. The number of aliphatic hydroxyl groups is 5. The van der Waals surface area contributed by atoms with E-state index in [2.05, 4.69) is 0 Å². The molecule has 304 valence electrons. The van der Waals surface area contributed by atoms with Crippen molar-refractivity contribution < 1.29 is 73.1 Å². The van der Waals surface area contributed by atoms with Crippen LogP contribution < -0.4 is 0 Å². The summed E-state index contributed by atoms with van der Waals surface area (Å²) in [5.41, 5.74) is 0. The molecular formula is C37H66O15. The van der Waals surface area contributed by atoms with Crippen LogP contribution in [-0.2, 0) is 47.6 Å². The molecule has 0 spiro atoms. The number of hydrogen-bond donors (Lipinski definition) is 5. The summed E-state index contributed by atoms with van der Waals surface area (Å²) in [6.07, 6.45) is -5.07. The predicted octanol–water partition coefficient (Wildman–Crippen LogP) is 3.15. The van der Waals surface area contributed by atoms with Gasteiger partial charge in [0.1, 0.15) is 37.1 Å². The SMILES string of the molecule is CCCCCCC(=O)O[C@@H]1[C@H](OC[C@@H](O)[C@@H](O)[C@H](O)[C@H](O)CO)O[C@H](COC(=O)CCCCC)[C@@H](OC(=O)CCCCC)[C@@H]1OC(=O)CCCCC. The van der Waals surface area contributed by atoms with Crippen molar-refractivity contribution in [1.82, 2.24) is 0 Å². The van der Waals surface area contributed by atoms with Gasteiger partial charge >= 0.3 is 23.9 Å². The Balaban J connectivity index is 3.56. The van der Waals surface area contributed by atoms with Gasteiger partial charge in [-0.15, -0.1) is 0 Å². The van der Waals surface area contributed by atoms with E-state index in [0.717, 1.165) is 57.8 Å². The molecule has 5 N–H and O–H groups in total. The van der Waals surface area contributed by atoms with Crippen molar-refractivity contribution in [3.05, 3.63) is 0 Å². The number of aliphatic hydroxyl groups excluding tert-OH is 5. The summed E-state index contributed by atoms with van der Waals surface area (Å²) < 4.78 is 35.1. The summed E-state index contributed by atoms with van der Waals surface area (Å²) in [4.78, 5) is 52.2. The molecule has 1 saturated heterocycles. The molecule has 0 radical (unpaired) electrons. The minimum Gasteiger partial charge on any atom is -0.463 e. The number of carbonyl (C=O) groups excluding carboxylic acids is 4. The largest absolute Gasteiger partial charge is 0.463 e. The first kappa shape index (κ1) is 47.6. The predicted molar refractivity (Wildman–Crippen MR) is 188 cm³/mol. The molecule has 0 unspecified atom stereocenters. The fraction of sp³-hybridized carbons (Fsp3) is 0.892. The zero-order valence-corrected chi connectivity index (χ0v) is 31.7. The van der Waals surface area contributed by atoms with E-state index in [9.17, 15) is 39.6 Å². The zero-order chi connectivity index (χ0) is 38.9. The Labute approximate surface area is 308 Å². The maximum atomic E-state index is 13.2. The third-order valence-corrected chi connectivity index (χ3v) is 8.75. The first-order valence-electron chi connectivity index (χ1n) is 19.3. The molecule has 9 atom stereocenters. The Bertz CT molecular complexity index is 994. The van der Waals surface area contributed by atoms with E-state index in [-0.39, 0.29) is 25.7 Å². The number of unbranched alkanes of at least 4 members (excludes halogenated alkanes) is 9. The monoisotopic (exact) mass is 750 g/mol. The van der Waals surface area contributed by atoms with Crippen molar-refractivity contribution in [2.75, 3.05) is 19.8 Å². The Morgan fingerprint density at radius 3 is 1.48 bits per heavy atom. The molecule has 1 rings (SSSR count). The molecule has 0 aromatic carbocycles. The molecule has 0 aromatic rings. The van der Waals surface area contributed by atoms with Crippen LogP contribution in [0.4, 0.5) is 0 Å². The summed E-state index contributed by atoms with van der Waals surface area (Å²) >= 11 is 0. The summed E-state index contributed by atoms with van der Waals surface area (Å²) in [6, 6.07) is 0. The van der Waals surface area contributed by atoms with E-state index in [0.29, 0.717) is 25.7 Å². The molecule has 0 bridgehead atoms. The van der Waals surface area contributed by atoms with Crippen LogP contribution in [0, 0.1) is 0 Å². The van der Waals surface area contributed by atoms with Gasteiger partial charge in [-0.05, 0) is 25.7 Å². The van der Waals surface area contributed by atoms with E-state index in [1.54, 1.807) is 0 Å². The minimum atomic E-state index is -1.98. The number of esters is 4. The van der Waals surface area contributed by atoms with Crippen LogP contribution in [0.25, 0.3) is 0 Å². The standard InChI is InChI=1S/C37H66O15/c1-5-9-13-17-21-31(44)52-36-35(51-30(43)20-16-12-8-4)34(50-29(42)19-15-11-7-3)27(24-47-28(41)18-14-10-6-2)49-37(36)48-23-26(40)33(46)32(45)25(39)22-38/h25-27,32-40,45-46H,5-24H2,1-4H3/t25-,26-,27-,32-,33-,34-,35+,36+,37-/m1/s1. The van der Waals surface area contributed by atoms with Crippen molar-refractivity contribution in [2.24, 2.45) is 0 Å². The first-order chi connectivity index (χ1) is 24.9. The fourth-order valence-electron chi connectivity index (χ4n) is 5.54. The molecule has 15 nitrogen and oxygen atoms in total. The number of carbonyl (C=O) groups is 4. The molecule has 15 heteroatoms. The Morgan fingerprint density at radius 2 is 0.981 bits per heavy atom. The summed E-state index contributed by atoms with van der Waals surface area (Å²) in [5, 5.41) is 50.1. The minimum absolute atomic E-state index is 0.00718. The number of rotatable bonds is 29. The highest BCUT2D eigenvalue weighted by molar-refractivity contribution is 5.72. The van der Waals surface area contributed by atoms with E-state index in [1.807, 2.05) is 27.7 Å². The van der Waals surface area contributed by atoms with Gasteiger partial charge in [-0.2, -0.15) is 0 Å². The summed E-state index contributed by atoms with van der Waals surface area (Å²) in [6.45, 7) is 5.86. The Morgan fingerprint density at radius 1 is 0.558 bits per heavy atom. The van der Waals surface area contributed by atoms with Gasteiger partial charge in [0, 0.05) is 25.7 Å². The zero-order valence-electron chi connectivity index (χ0n) is 31.7. The van der Waals surface area contributed by atoms with Crippen LogP contribution >= 0.6 is 0 Å². The average molecular weight is 751 g/mol. The Hall–Kier alpha value is -2.40. The third-order valence-electron chi connectivity index (χ3n) is 8.75. The van der Waals surface area contributed by atoms with Crippen molar-refractivity contribution in [3.63, 3.8) is 0 Å². The van der Waals surface area contributed by atoms with Gasteiger partial charge in [-0.25, -0.2) is 0 Å². The highest BCUT2D eigenvalue weighted by Gasteiger charge is 2.53. The van der Waals surface area contributed by atoms with E-state index in [1.165, 1.54) is 0 Å². The number of hydrogen-bond acceptors (Lipinski definition) is 15. The van der Waals surface area contributed by atoms with E-state index < -0.39 is 98.8 Å². The van der Waals surface area contributed by atoms with Gasteiger partial charge < -0.3 is 54.0 Å². The van der Waals surface area contributed by atoms with Crippen LogP contribution in [0.15, 0.2) is 0 Å². The molecule has 1 fully saturated rings. The quantitative estimate of drug-likeness (QED) is 0.0421. The molecule has 1 aliphatic rings. The molecule has 52 heavy (non-hydrogen) atoms. The van der Waals surface area contributed by atoms with Crippen LogP contribution in [0.5, 0.6) is 0 Å². The van der Waals surface area contributed by atoms with Crippen LogP contribution in [-0.4, -0.2) is 124 Å². The third kappa shape index (κ3) is 18.6. The maximum absolute atomic E-state index is 13.2. The van der Waals surface area contributed by atoms with Crippen LogP contribution in [0.2, 0.25) is 0 Å². The molecule has 0 aliphatic carbocycles. The van der Waals surface area contributed by atoms with Crippen molar-refractivity contribution >= 4 is 23.9 Å². The van der Waals surface area contributed by atoms with Gasteiger partial charge in [0.25, 0.3) is 0 Å². The molecule has 1 aliphatic heterocycles. The van der Waals surface area contributed by atoms with E-state index in [4.69, 9.17) is 33.5 Å². The molecule has 0 saturated carbocycles. The lowest BCUT2D eigenvalue weighted by Gasteiger charge is -2.44. The van der Waals surface area contributed by atoms with E-state index >= 15 is 0 Å². The van der Waals surface area contributed by atoms with Crippen LogP contribution in [0.1, 0.15) is 137 Å². The van der Waals surface area contributed by atoms with Crippen molar-refractivity contribution in [3.8, 4) is 0 Å². The van der Waals surface area contributed by atoms with Gasteiger partial charge in [-0.1, -0.05) is 85.5 Å². The van der Waals surface area contributed by atoms with Gasteiger partial charge in [0.05, 0.1) is 13.2 Å². The average Bonchev–Trinajstić information content (AvgIpc) is 3.12. The number of ether oxygens (including phenoxy) is 6. The van der Waals surface area contributed by atoms with Crippen molar-refractivity contribution in [1.29, 1.82) is 0 Å². The normalized spacial score (nSPS) is 22.5. The summed E-state index contributed by atoms with van der Waals surface area (Å²) in [7, 11) is 0. The smallest absolute Gasteiger partial charge is 0.306 e. The van der Waals surface area contributed by atoms with Gasteiger partial charge in [-0.3, -0.25) is 19.2 Å². The molecular weight excluding hydrogens is 684 g/mol. The van der Waals surface area contributed by atoms with Gasteiger partial charge in [0.15, 0.2) is 24.6 Å². The highest BCUT2D eigenvalue weighted by atomic mass is 16.7. The highest BCUT2D eigenvalue weighted by Crippen LogP contribution is 2.31. The lowest BCUT2D eigenvalue weighted by molar-refractivity contribution is -0.313. The first-order valence-corrected chi connectivity index (χ1v) is 19.3. The maximum Gasteiger partial charge on any atom is 0.306 e. The second-order valence-electron chi connectivity index (χ2n) is 13.4. The summed E-state index contributed by atoms with van der Waals surface area (Å²) in [5.74, 6) is -2.51. The topological polar surface area (TPSA) is 225 Å². The molecule has 0 amide bonds. The lowest BCUT2D eigenvalue weighted by atomic mass is 9.97. The second kappa shape index (κ2) is 28.1. The van der Waals surface area contributed by atoms with Crippen molar-refractivity contribution in [2.45, 2.75) is 192 Å². The molecule has 1 heterocycles. The Kier molecular flexibility index (Phi) is 25.7. The van der Waals surface area contributed by atoms with Crippen LogP contribution in [0.3, 0.4) is 0 Å². The lowest BCUT2D eigenvalue weighted by Crippen LogP contribution is -2.63.